The van der Waals surface area contributed by atoms with Crippen LogP contribution in [0.2, 0.25) is 0 Å². The number of methoxy groups -OCH3 is 2. The fourth-order valence-electron chi connectivity index (χ4n) is 4.55. The molecule has 0 spiro atoms. The number of hydrogen-bond donors (Lipinski definition) is 0. The molecule has 2 aliphatic rings. The van der Waals surface area contributed by atoms with Gasteiger partial charge in [0.15, 0.2) is 0 Å². The zero-order chi connectivity index (χ0) is 25.9. The SMILES string of the molecule is COc1ccc(N2CCN(C(=O)c3ccc4c(c3)N(C)C(=O)C(=Cc3cccc(OC)c3)S4)CC2)cc1. The van der Waals surface area contributed by atoms with E-state index in [-0.39, 0.29) is 11.8 Å². The van der Waals surface area contributed by atoms with E-state index in [1.165, 1.54) is 11.8 Å². The molecule has 2 aliphatic heterocycles. The number of piperazine rings is 1. The average molecular weight is 516 g/mol. The maximum Gasteiger partial charge on any atom is 0.264 e. The molecule has 1 fully saturated rings. The molecule has 0 saturated carbocycles. The highest BCUT2D eigenvalue weighted by atomic mass is 32.2. The lowest BCUT2D eigenvalue weighted by molar-refractivity contribution is -0.114. The van der Waals surface area contributed by atoms with Crippen molar-refractivity contribution in [1.82, 2.24) is 4.90 Å². The van der Waals surface area contributed by atoms with Crippen molar-refractivity contribution in [3.8, 4) is 11.5 Å². The van der Waals surface area contributed by atoms with Crippen molar-refractivity contribution in [2.24, 2.45) is 0 Å². The standard InChI is InChI=1S/C29H29N3O4S/c1-30-25-19-21(28(33)32-15-13-31(14-16-32)22-8-10-23(35-2)11-9-22)7-12-26(25)37-27(29(30)34)18-20-5-4-6-24(17-20)36-3/h4-12,17-19H,13-16H2,1-3H3. The van der Waals surface area contributed by atoms with Gasteiger partial charge in [-0.25, -0.2) is 0 Å². The summed E-state index contributed by atoms with van der Waals surface area (Å²) in [5, 5.41) is 0. The van der Waals surface area contributed by atoms with Crippen molar-refractivity contribution in [1.29, 1.82) is 0 Å². The zero-order valence-electron chi connectivity index (χ0n) is 21.1. The van der Waals surface area contributed by atoms with Crippen molar-refractivity contribution >= 4 is 41.0 Å². The topological polar surface area (TPSA) is 62.3 Å². The molecule has 8 heteroatoms. The van der Waals surface area contributed by atoms with Crippen LogP contribution < -0.4 is 19.3 Å². The smallest absolute Gasteiger partial charge is 0.264 e. The summed E-state index contributed by atoms with van der Waals surface area (Å²) < 4.78 is 10.5. The highest BCUT2D eigenvalue weighted by Gasteiger charge is 2.29. The number of nitrogens with zero attached hydrogens (tertiary/aromatic N) is 3. The molecule has 0 unspecified atom stereocenters. The molecule has 0 atom stereocenters. The quantitative estimate of drug-likeness (QED) is 0.456. The average Bonchev–Trinajstić information content (AvgIpc) is 2.95. The Morgan fingerprint density at radius 2 is 1.62 bits per heavy atom. The molecule has 1 saturated heterocycles. The summed E-state index contributed by atoms with van der Waals surface area (Å²) in [6.45, 7) is 2.79. The number of thioether (sulfide) groups is 1. The highest BCUT2D eigenvalue weighted by Crippen LogP contribution is 2.42. The van der Waals surface area contributed by atoms with Crippen molar-refractivity contribution in [2.75, 3.05) is 57.2 Å². The number of hydrogen-bond acceptors (Lipinski definition) is 6. The summed E-state index contributed by atoms with van der Waals surface area (Å²) in [4.78, 5) is 33.8. The largest absolute Gasteiger partial charge is 0.497 e. The van der Waals surface area contributed by atoms with E-state index in [0.717, 1.165) is 46.4 Å². The first-order valence-electron chi connectivity index (χ1n) is 12.1. The van der Waals surface area contributed by atoms with Gasteiger partial charge < -0.3 is 24.2 Å². The second-order valence-corrected chi connectivity index (χ2v) is 9.99. The van der Waals surface area contributed by atoms with Gasteiger partial charge in [-0.15, -0.1) is 0 Å². The van der Waals surface area contributed by atoms with Crippen LogP contribution in [0, 0.1) is 0 Å². The third-order valence-electron chi connectivity index (χ3n) is 6.70. The predicted octanol–water partition coefficient (Wildman–Crippen LogP) is 4.78. The van der Waals surface area contributed by atoms with E-state index >= 15 is 0 Å². The second-order valence-electron chi connectivity index (χ2n) is 8.91. The highest BCUT2D eigenvalue weighted by molar-refractivity contribution is 8.04. The van der Waals surface area contributed by atoms with Crippen LogP contribution in [0.3, 0.4) is 0 Å². The lowest BCUT2D eigenvalue weighted by Gasteiger charge is -2.36. The Kier molecular flexibility index (Phi) is 7.10. The summed E-state index contributed by atoms with van der Waals surface area (Å²) >= 11 is 1.42. The maximum absolute atomic E-state index is 13.3. The first kappa shape index (κ1) is 24.8. The number of fused-ring (bicyclic) bond motifs is 1. The number of benzene rings is 3. The number of ether oxygens (including phenoxy) is 2. The van der Waals surface area contributed by atoms with Gasteiger partial charge in [0, 0.05) is 49.4 Å². The van der Waals surface area contributed by atoms with Crippen LogP contribution in [0.25, 0.3) is 6.08 Å². The summed E-state index contributed by atoms with van der Waals surface area (Å²) in [7, 11) is 5.03. The number of rotatable bonds is 5. The third kappa shape index (κ3) is 5.15. The van der Waals surface area contributed by atoms with Gasteiger partial charge in [-0.3, -0.25) is 9.59 Å². The van der Waals surface area contributed by atoms with E-state index < -0.39 is 0 Å². The third-order valence-corrected chi connectivity index (χ3v) is 7.78. The van der Waals surface area contributed by atoms with E-state index in [2.05, 4.69) is 4.90 Å². The van der Waals surface area contributed by atoms with Gasteiger partial charge in [0.05, 0.1) is 24.8 Å². The van der Waals surface area contributed by atoms with Crippen molar-refractivity contribution in [2.45, 2.75) is 4.90 Å². The number of carbonyl (C=O) groups excluding carboxylic acids is 2. The lowest BCUT2D eigenvalue weighted by Crippen LogP contribution is -2.48. The van der Waals surface area contributed by atoms with Gasteiger partial charge in [0.1, 0.15) is 11.5 Å². The number of anilines is 2. The first-order chi connectivity index (χ1) is 18.0. The first-order valence-corrected chi connectivity index (χ1v) is 12.9. The van der Waals surface area contributed by atoms with Gasteiger partial charge >= 0.3 is 0 Å². The summed E-state index contributed by atoms with van der Waals surface area (Å²) in [6, 6.07) is 21.2. The van der Waals surface area contributed by atoms with E-state index in [4.69, 9.17) is 9.47 Å². The number of likely N-dealkylation sites (N-methyl/N-ethyl adjacent to an activating group) is 1. The Balaban J connectivity index is 1.29. The molecule has 2 amide bonds. The van der Waals surface area contributed by atoms with E-state index in [0.29, 0.717) is 23.6 Å². The van der Waals surface area contributed by atoms with Crippen LogP contribution in [0.15, 0.2) is 76.5 Å². The molecule has 2 heterocycles. The van der Waals surface area contributed by atoms with Crippen LogP contribution >= 0.6 is 11.8 Å². The minimum Gasteiger partial charge on any atom is -0.497 e. The predicted molar refractivity (Wildman–Crippen MR) is 148 cm³/mol. The van der Waals surface area contributed by atoms with Crippen molar-refractivity contribution in [3.05, 3.63) is 82.8 Å². The Hall–Kier alpha value is -3.91. The molecule has 0 bridgehead atoms. The maximum atomic E-state index is 13.3. The summed E-state index contributed by atoms with van der Waals surface area (Å²) in [6.07, 6.45) is 1.87. The van der Waals surface area contributed by atoms with Crippen LogP contribution in [-0.4, -0.2) is 64.2 Å². The van der Waals surface area contributed by atoms with E-state index in [9.17, 15) is 9.59 Å². The fourth-order valence-corrected chi connectivity index (χ4v) is 5.65. The Labute approximate surface area is 221 Å². The Morgan fingerprint density at radius 3 is 2.32 bits per heavy atom. The van der Waals surface area contributed by atoms with Crippen LogP contribution in [0.1, 0.15) is 15.9 Å². The summed E-state index contributed by atoms with van der Waals surface area (Å²) in [5.41, 5.74) is 3.36. The van der Waals surface area contributed by atoms with Gasteiger partial charge in [-0.1, -0.05) is 23.9 Å². The molecular formula is C29H29N3O4S. The Morgan fingerprint density at radius 1 is 0.892 bits per heavy atom. The van der Waals surface area contributed by atoms with Crippen LogP contribution in [0.4, 0.5) is 11.4 Å². The van der Waals surface area contributed by atoms with Crippen LogP contribution in [-0.2, 0) is 4.79 Å². The number of amides is 2. The molecule has 3 aromatic rings. The molecule has 0 aromatic heterocycles. The monoisotopic (exact) mass is 515 g/mol. The molecule has 7 nitrogen and oxygen atoms in total. The van der Waals surface area contributed by atoms with Crippen molar-refractivity contribution in [3.63, 3.8) is 0 Å². The minimum absolute atomic E-state index is 0.0132. The number of carbonyl (C=O) groups is 2. The van der Waals surface area contributed by atoms with Crippen molar-refractivity contribution < 1.29 is 19.1 Å². The zero-order valence-corrected chi connectivity index (χ0v) is 22.0. The molecule has 5 rings (SSSR count). The van der Waals surface area contributed by atoms with Gasteiger partial charge in [0.25, 0.3) is 11.8 Å². The fraction of sp³-hybridized carbons (Fsp3) is 0.241. The van der Waals surface area contributed by atoms with Gasteiger partial charge in [-0.05, 0) is 66.2 Å². The van der Waals surface area contributed by atoms with E-state index in [1.807, 2.05) is 77.7 Å². The second kappa shape index (κ2) is 10.6. The molecular weight excluding hydrogens is 486 g/mol. The molecule has 0 radical (unpaired) electrons. The molecule has 0 N–H and O–H groups in total. The molecule has 3 aromatic carbocycles. The Bertz CT molecular complexity index is 1350. The summed E-state index contributed by atoms with van der Waals surface area (Å²) in [5.74, 6) is 1.46. The van der Waals surface area contributed by atoms with Gasteiger partial charge in [0.2, 0.25) is 0 Å². The molecule has 190 valence electrons. The normalized spacial score (nSPS) is 16.6. The van der Waals surface area contributed by atoms with Gasteiger partial charge in [-0.2, -0.15) is 0 Å². The molecule has 0 aliphatic carbocycles. The van der Waals surface area contributed by atoms with E-state index in [1.54, 1.807) is 26.2 Å². The molecule has 37 heavy (non-hydrogen) atoms. The van der Waals surface area contributed by atoms with Crippen LogP contribution in [0.5, 0.6) is 11.5 Å². The minimum atomic E-state index is -0.0991. The lowest BCUT2D eigenvalue weighted by atomic mass is 10.1.